The standard InChI is InChI=1S/C19H22F3N3O5/c20-19(21,22)30-13-3-1-12(2-4-13)10-28-14-7-25(8-14)18(27)24-6-5-16-15(9-24)23-17(26)11-29-16/h1-4,14-16H,5-11H2,(H,23,26)/t15-,16+/m1/s1. The Morgan fingerprint density at radius 2 is 1.90 bits per heavy atom. The molecule has 0 aliphatic carbocycles. The molecule has 0 saturated carbocycles. The summed E-state index contributed by atoms with van der Waals surface area (Å²) in [7, 11) is 0. The van der Waals surface area contributed by atoms with Crippen LogP contribution >= 0.6 is 0 Å². The molecule has 0 spiro atoms. The first kappa shape index (κ1) is 20.7. The van der Waals surface area contributed by atoms with Crippen LogP contribution in [0.1, 0.15) is 12.0 Å². The summed E-state index contributed by atoms with van der Waals surface area (Å²) in [5.74, 6) is -0.448. The largest absolute Gasteiger partial charge is 0.573 e. The minimum atomic E-state index is -4.72. The predicted molar refractivity (Wildman–Crippen MR) is 96.5 cm³/mol. The summed E-state index contributed by atoms with van der Waals surface area (Å²) in [6, 6.07) is 5.21. The highest BCUT2D eigenvalue weighted by molar-refractivity contribution is 5.79. The van der Waals surface area contributed by atoms with Crippen LogP contribution in [-0.4, -0.2) is 79.1 Å². The average Bonchev–Trinajstić information content (AvgIpc) is 2.66. The molecule has 3 fully saturated rings. The summed E-state index contributed by atoms with van der Waals surface area (Å²) in [5, 5.41) is 2.87. The molecular formula is C19H22F3N3O5. The number of carbonyl (C=O) groups excluding carboxylic acids is 2. The summed E-state index contributed by atoms with van der Waals surface area (Å²) in [5.41, 5.74) is 0.712. The van der Waals surface area contributed by atoms with Gasteiger partial charge in [0.15, 0.2) is 0 Å². The molecule has 0 radical (unpaired) electrons. The minimum Gasteiger partial charge on any atom is -0.406 e. The molecule has 0 aromatic heterocycles. The van der Waals surface area contributed by atoms with Gasteiger partial charge in [0.1, 0.15) is 12.4 Å². The van der Waals surface area contributed by atoms with Gasteiger partial charge in [-0.25, -0.2) is 4.79 Å². The molecule has 164 valence electrons. The van der Waals surface area contributed by atoms with Crippen molar-refractivity contribution in [3.63, 3.8) is 0 Å². The Balaban J connectivity index is 1.19. The third kappa shape index (κ3) is 4.96. The van der Waals surface area contributed by atoms with Crippen LogP contribution in [0, 0.1) is 0 Å². The number of nitrogens with zero attached hydrogens (tertiary/aromatic N) is 2. The Hall–Kier alpha value is -2.53. The second-order valence-corrected chi connectivity index (χ2v) is 7.57. The SMILES string of the molecule is O=C1CO[C@H]2CCN(C(=O)N3CC(OCc4ccc(OC(F)(F)F)cc4)C3)C[C@H]2N1. The molecule has 3 saturated heterocycles. The van der Waals surface area contributed by atoms with Gasteiger partial charge in [-0.05, 0) is 24.1 Å². The van der Waals surface area contributed by atoms with Crippen molar-refractivity contribution in [1.29, 1.82) is 0 Å². The van der Waals surface area contributed by atoms with Crippen LogP contribution in [0.4, 0.5) is 18.0 Å². The van der Waals surface area contributed by atoms with Crippen molar-refractivity contribution in [2.45, 2.75) is 37.6 Å². The lowest BCUT2D eigenvalue weighted by molar-refractivity contribution is -0.274. The zero-order valence-electron chi connectivity index (χ0n) is 16.1. The second-order valence-electron chi connectivity index (χ2n) is 7.57. The van der Waals surface area contributed by atoms with E-state index in [-0.39, 0.29) is 49.2 Å². The van der Waals surface area contributed by atoms with E-state index >= 15 is 0 Å². The summed E-state index contributed by atoms with van der Waals surface area (Å²) < 4.78 is 51.6. The maximum absolute atomic E-state index is 12.6. The van der Waals surface area contributed by atoms with Crippen LogP contribution in [0.2, 0.25) is 0 Å². The maximum atomic E-state index is 12.6. The number of hydrogen-bond acceptors (Lipinski definition) is 5. The van der Waals surface area contributed by atoms with Gasteiger partial charge in [0.25, 0.3) is 0 Å². The number of ether oxygens (including phenoxy) is 3. The number of piperidine rings is 1. The van der Waals surface area contributed by atoms with Gasteiger partial charge >= 0.3 is 12.4 Å². The summed E-state index contributed by atoms with van der Waals surface area (Å²) in [6.07, 6.45) is -4.22. The molecule has 3 aliphatic rings. The van der Waals surface area contributed by atoms with E-state index < -0.39 is 6.36 Å². The summed E-state index contributed by atoms with van der Waals surface area (Å²) in [6.45, 7) is 2.19. The third-order valence-corrected chi connectivity index (χ3v) is 5.36. The van der Waals surface area contributed by atoms with E-state index in [2.05, 4.69) is 10.1 Å². The smallest absolute Gasteiger partial charge is 0.406 e. The Kier molecular flexibility index (Phi) is 5.74. The number of amides is 3. The van der Waals surface area contributed by atoms with E-state index in [0.29, 0.717) is 38.2 Å². The number of alkyl halides is 3. The molecule has 0 unspecified atom stereocenters. The van der Waals surface area contributed by atoms with Crippen LogP contribution < -0.4 is 10.1 Å². The number of urea groups is 1. The normalized spacial score (nSPS) is 24.7. The van der Waals surface area contributed by atoms with Gasteiger partial charge in [-0.1, -0.05) is 12.1 Å². The highest BCUT2D eigenvalue weighted by atomic mass is 19.4. The second kappa shape index (κ2) is 8.31. The lowest BCUT2D eigenvalue weighted by Crippen LogP contribution is -2.65. The van der Waals surface area contributed by atoms with Crippen molar-refractivity contribution in [2.75, 3.05) is 32.8 Å². The molecule has 4 rings (SSSR count). The van der Waals surface area contributed by atoms with Crippen LogP contribution in [0.5, 0.6) is 5.75 Å². The van der Waals surface area contributed by atoms with Crippen molar-refractivity contribution >= 4 is 11.9 Å². The lowest BCUT2D eigenvalue weighted by Gasteiger charge is -2.45. The number of likely N-dealkylation sites (tertiary alicyclic amines) is 2. The molecule has 1 aromatic carbocycles. The van der Waals surface area contributed by atoms with Crippen molar-refractivity contribution < 1.29 is 37.0 Å². The van der Waals surface area contributed by atoms with Crippen LogP contribution in [0.15, 0.2) is 24.3 Å². The number of rotatable bonds is 4. The predicted octanol–water partition coefficient (Wildman–Crippen LogP) is 1.50. The first-order chi connectivity index (χ1) is 14.3. The maximum Gasteiger partial charge on any atom is 0.573 e. The van der Waals surface area contributed by atoms with Gasteiger partial charge in [-0.2, -0.15) is 0 Å². The first-order valence-electron chi connectivity index (χ1n) is 9.68. The van der Waals surface area contributed by atoms with E-state index in [9.17, 15) is 22.8 Å². The quantitative estimate of drug-likeness (QED) is 0.785. The molecule has 3 amide bonds. The van der Waals surface area contributed by atoms with E-state index in [4.69, 9.17) is 9.47 Å². The molecular weight excluding hydrogens is 407 g/mol. The first-order valence-corrected chi connectivity index (χ1v) is 9.68. The molecule has 8 nitrogen and oxygen atoms in total. The topological polar surface area (TPSA) is 80.3 Å². The summed E-state index contributed by atoms with van der Waals surface area (Å²) in [4.78, 5) is 27.5. The van der Waals surface area contributed by atoms with E-state index in [0.717, 1.165) is 0 Å². The molecule has 1 N–H and O–H groups in total. The lowest BCUT2D eigenvalue weighted by atomic mass is 10.0. The number of carbonyl (C=O) groups is 2. The Morgan fingerprint density at radius 3 is 2.60 bits per heavy atom. The molecule has 3 aliphatic heterocycles. The van der Waals surface area contributed by atoms with E-state index in [1.807, 2.05) is 0 Å². The van der Waals surface area contributed by atoms with Crippen LogP contribution in [0.25, 0.3) is 0 Å². The Bertz CT molecular complexity index is 783. The highest BCUT2D eigenvalue weighted by Crippen LogP contribution is 2.24. The zero-order valence-corrected chi connectivity index (χ0v) is 16.1. The van der Waals surface area contributed by atoms with Gasteiger partial charge in [-0.3, -0.25) is 4.79 Å². The molecule has 1 aromatic rings. The van der Waals surface area contributed by atoms with Gasteiger partial charge < -0.3 is 29.3 Å². The minimum absolute atomic E-state index is 0.0489. The molecule has 2 atom stereocenters. The van der Waals surface area contributed by atoms with Crippen molar-refractivity contribution in [1.82, 2.24) is 15.1 Å². The number of halogens is 3. The average molecular weight is 429 g/mol. The van der Waals surface area contributed by atoms with Crippen LogP contribution in [0.3, 0.4) is 0 Å². The fraction of sp³-hybridized carbons (Fsp3) is 0.579. The fourth-order valence-corrected chi connectivity index (χ4v) is 3.77. The number of fused-ring (bicyclic) bond motifs is 1. The van der Waals surface area contributed by atoms with Gasteiger partial charge in [0, 0.05) is 13.1 Å². The number of nitrogens with one attached hydrogen (secondary N) is 1. The van der Waals surface area contributed by atoms with Crippen molar-refractivity contribution in [3.8, 4) is 5.75 Å². The van der Waals surface area contributed by atoms with E-state index in [1.165, 1.54) is 24.3 Å². The Morgan fingerprint density at radius 1 is 1.17 bits per heavy atom. The van der Waals surface area contributed by atoms with Crippen molar-refractivity contribution in [2.24, 2.45) is 0 Å². The van der Waals surface area contributed by atoms with Gasteiger partial charge in [-0.15, -0.1) is 13.2 Å². The molecule has 3 heterocycles. The number of hydrogen-bond donors (Lipinski definition) is 1. The highest BCUT2D eigenvalue weighted by Gasteiger charge is 2.40. The van der Waals surface area contributed by atoms with Gasteiger partial charge in [0.05, 0.1) is 37.9 Å². The van der Waals surface area contributed by atoms with Crippen LogP contribution in [-0.2, 0) is 20.9 Å². The monoisotopic (exact) mass is 429 g/mol. The number of benzene rings is 1. The molecule has 0 bridgehead atoms. The Labute approximate surface area is 170 Å². The van der Waals surface area contributed by atoms with Gasteiger partial charge in [0.2, 0.25) is 5.91 Å². The fourth-order valence-electron chi connectivity index (χ4n) is 3.77. The van der Waals surface area contributed by atoms with E-state index in [1.54, 1.807) is 9.80 Å². The number of morpholine rings is 1. The molecule has 11 heteroatoms. The summed E-state index contributed by atoms with van der Waals surface area (Å²) >= 11 is 0. The third-order valence-electron chi connectivity index (χ3n) is 5.36. The zero-order chi connectivity index (χ0) is 21.3. The van der Waals surface area contributed by atoms with Crippen molar-refractivity contribution in [3.05, 3.63) is 29.8 Å². The molecule has 30 heavy (non-hydrogen) atoms.